The molecule has 1 saturated carbocycles. The van der Waals surface area contributed by atoms with Crippen molar-refractivity contribution in [3.8, 4) is 11.5 Å². The Morgan fingerprint density at radius 2 is 1.76 bits per heavy atom. The number of carbonyl (C=O) groups excluding carboxylic acids is 2. The Kier molecular flexibility index (Phi) is 6.18. The molecule has 2 aromatic carbocycles. The van der Waals surface area contributed by atoms with Crippen molar-refractivity contribution >= 4 is 20.0 Å². The van der Waals surface area contributed by atoms with E-state index in [1.54, 1.807) is 18.2 Å². The molecule has 0 N–H and O–H groups in total. The van der Waals surface area contributed by atoms with Crippen LogP contribution in [0.1, 0.15) is 51.1 Å². The Morgan fingerprint density at radius 3 is 2.34 bits per heavy atom. The van der Waals surface area contributed by atoms with Crippen LogP contribution in [0.4, 0.5) is 0 Å². The first kappa shape index (κ1) is 21.2. The van der Waals surface area contributed by atoms with Gasteiger partial charge in [0, 0.05) is 17.5 Å². The average molecular weight is 412 g/mol. The second kappa shape index (κ2) is 8.46. The second-order valence-electron chi connectivity index (χ2n) is 7.49. The molecule has 0 bridgehead atoms. The van der Waals surface area contributed by atoms with E-state index in [0.717, 1.165) is 11.1 Å². The molecule has 1 fully saturated rings. The third-order valence-corrected chi connectivity index (χ3v) is 6.94. The number of methoxy groups -OCH3 is 2. The molecule has 5 nitrogen and oxygen atoms in total. The van der Waals surface area contributed by atoms with Crippen molar-refractivity contribution in [1.82, 2.24) is 0 Å². The van der Waals surface area contributed by atoms with Gasteiger partial charge >= 0.3 is 0 Å². The zero-order chi connectivity index (χ0) is 21.2. The Labute approximate surface area is 172 Å². The van der Waals surface area contributed by atoms with E-state index in [9.17, 15) is 14.2 Å². The zero-order valence-corrected chi connectivity index (χ0v) is 18.0. The molecule has 2 unspecified atom stereocenters. The lowest BCUT2D eigenvalue weighted by molar-refractivity contribution is 0.0815. The van der Waals surface area contributed by atoms with E-state index in [4.69, 9.17) is 9.47 Å². The van der Waals surface area contributed by atoms with Crippen LogP contribution in [-0.4, -0.2) is 30.9 Å². The number of carbonyl (C=O) groups is 2. The molecule has 3 rings (SSSR count). The Balaban J connectivity index is 2.07. The minimum absolute atomic E-state index is 0.109. The summed E-state index contributed by atoms with van der Waals surface area (Å²) < 4.78 is 23.0. The standard InChI is InChI=1S/C23H25O5P/c1-14-7-5-8-15(2)20(14)21(24)18-9-6-12-23(18,29-26)22(25)17-11-10-16(27-3)13-19(17)28-4/h5,7-8,10-11,13,18H,6,9,12H2,1-4H3. The molecule has 6 heteroatoms. The fraction of sp³-hybridized carbons (Fsp3) is 0.391. The van der Waals surface area contributed by atoms with Crippen molar-refractivity contribution in [1.29, 1.82) is 0 Å². The average Bonchev–Trinajstić information content (AvgIpc) is 3.17. The number of benzene rings is 2. The Morgan fingerprint density at radius 1 is 1.07 bits per heavy atom. The molecule has 1 aliphatic carbocycles. The van der Waals surface area contributed by atoms with Gasteiger partial charge in [-0.3, -0.25) is 14.2 Å². The first-order valence-corrected chi connectivity index (χ1v) is 10.4. The number of aryl methyl sites for hydroxylation is 2. The van der Waals surface area contributed by atoms with Gasteiger partial charge in [-0.2, -0.15) is 0 Å². The topological polar surface area (TPSA) is 69.7 Å². The minimum Gasteiger partial charge on any atom is -0.497 e. The van der Waals surface area contributed by atoms with E-state index in [-0.39, 0.29) is 20.0 Å². The molecule has 0 amide bonds. The Bertz CT molecular complexity index is 947. The van der Waals surface area contributed by atoms with Gasteiger partial charge in [-0.15, -0.1) is 0 Å². The summed E-state index contributed by atoms with van der Waals surface area (Å²) in [5, 5.41) is -1.28. The van der Waals surface area contributed by atoms with Crippen LogP contribution in [0, 0.1) is 19.8 Å². The van der Waals surface area contributed by atoms with Crippen LogP contribution in [0.3, 0.4) is 0 Å². The summed E-state index contributed by atoms with van der Waals surface area (Å²) >= 11 is 0. The summed E-state index contributed by atoms with van der Waals surface area (Å²) in [5.74, 6) is -0.164. The predicted octanol–water partition coefficient (Wildman–Crippen LogP) is 5.22. The summed E-state index contributed by atoms with van der Waals surface area (Å²) in [6.45, 7) is 3.78. The number of ketones is 2. The van der Waals surface area contributed by atoms with Gasteiger partial charge in [0.2, 0.25) is 0 Å². The molecular weight excluding hydrogens is 387 g/mol. The highest BCUT2D eigenvalue weighted by Crippen LogP contribution is 2.50. The number of ether oxygens (including phenoxy) is 2. The molecule has 0 aromatic heterocycles. The summed E-state index contributed by atoms with van der Waals surface area (Å²) in [6, 6.07) is 10.6. The van der Waals surface area contributed by atoms with E-state index in [0.29, 0.717) is 41.9 Å². The highest BCUT2D eigenvalue weighted by Gasteiger charge is 2.54. The summed E-state index contributed by atoms with van der Waals surface area (Å²) in [6.07, 6.45) is 1.60. The highest BCUT2D eigenvalue weighted by molar-refractivity contribution is 7.28. The molecule has 0 spiro atoms. The molecule has 0 heterocycles. The lowest BCUT2D eigenvalue weighted by Gasteiger charge is -2.28. The molecular formula is C23H25O5P. The van der Waals surface area contributed by atoms with Crippen LogP contribution >= 0.6 is 8.46 Å². The summed E-state index contributed by atoms with van der Waals surface area (Å²) in [7, 11) is 2.67. The lowest BCUT2D eigenvalue weighted by atomic mass is 9.80. The molecule has 2 atom stereocenters. The maximum absolute atomic E-state index is 13.6. The zero-order valence-electron chi connectivity index (χ0n) is 17.2. The number of hydrogen-bond donors (Lipinski definition) is 0. The maximum Gasteiger partial charge on any atom is 0.184 e. The third kappa shape index (κ3) is 3.60. The summed E-state index contributed by atoms with van der Waals surface area (Å²) in [4.78, 5) is 27.1. The van der Waals surface area contributed by atoms with Crippen molar-refractivity contribution in [3.05, 3.63) is 58.7 Å². The van der Waals surface area contributed by atoms with Crippen molar-refractivity contribution < 1.29 is 23.6 Å². The van der Waals surface area contributed by atoms with Crippen LogP contribution in [-0.2, 0) is 4.57 Å². The SMILES string of the molecule is COc1ccc(C(=O)C2(P=O)CCCC2C(=O)c2c(C)cccc2C)c(OC)c1. The fourth-order valence-electron chi connectivity index (χ4n) is 4.36. The number of hydrogen-bond acceptors (Lipinski definition) is 5. The van der Waals surface area contributed by atoms with Crippen molar-refractivity contribution in [2.75, 3.05) is 14.2 Å². The quantitative estimate of drug-likeness (QED) is 0.461. The number of rotatable bonds is 7. The van der Waals surface area contributed by atoms with E-state index in [1.807, 2.05) is 32.0 Å². The molecule has 0 radical (unpaired) electrons. The molecule has 0 aliphatic heterocycles. The van der Waals surface area contributed by atoms with Gasteiger partial charge in [0.25, 0.3) is 0 Å². The first-order valence-electron chi connectivity index (χ1n) is 9.61. The van der Waals surface area contributed by atoms with Gasteiger partial charge in [0.1, 0.15) is 16.7 Å². The van der Waals surface area contributed by atoms with E-state index < -0.39 is 11.1 Å². The van der Waals surface area contributed by atoms with Crippen LogP contribution in [0.15, 0.2) is 36.4 Å². The van der Waals surface area contributed by atoms with Gasteiger partial charge in [0.05, 0.1) is 19.8 Å². The van der Waals surface area contributed by atoms with Crippen molar-refractivity contribution in [2.24, 2.45) is 5.92 Å². The lowest BCUT2D eigenvalue weighted by Crippen LogP contribution is -2.41. The molecule has 2 aromatic rings. The largest absolute Gasteiger partial charge is 0.497 e. The van der Waals surface area contributed by atoms with Gasteiger partial charge < -0.3 is 9.47 Å². The predicted molar refractivity (Wildman–Crippen MR) is 112 cm³/mol. The van der Waals surface area contributed by atoms with E-state index in [1.165, 1.54) is 14.2 Å². The third-order valence-electron chi connectivity index (χ3n) is 5.88. The monoisotopic (exact) mass is 412 g/mol. The van der Waals surface area contributed by atoms with Crippen molar-refractivity contribution in [2.45, 2.75) is 38.3 Å². The highest BCUT2D eigenvalue weighted by atomic mass is 31.1. The van der Waals surface area contributed by atoms with Crippen LogP contribution in [0.5, 0.6) is 11.5 Å². The van der Waals surface area contributed by atoms with Gasteiger partial charge in [-0.05, 0) is 49.9 Å². The van der Waals surface area contributed by atoms with Gasteiger partial charge in [0.15, 0.2) is 20.0 Å². The van der Waals surface area contributed by atoms with Gasteiger partial charge in [-0.25, -0.2) is 0 Å². The molecule has 1 aliphatic rings. The van der Waals surface area contributed by atoms with E-state index >= 15 is 0 Å². The Hall–Kier alpha value is -2.52. The first-order chi connectivity index (χ1) is 13.9. The summed E-state index contributed by atoms with van der Waals surface area (Å²) in [5.41, 5.74) is 2.68. The molecule has 152 valence electrons. The van der Waals surface area contributed by atoms with Gasteiger partial charge in [-0.1, -0.05) is 24.6 Å². The molecule has 29 heavy (non-hydrogen) atoms. The minimum atomic E-state index is -1.28. The number of Topliss-reactive ketones (excluding diaryl/α,β-unsaturated/α-hetero) is 2. The maximum atomic E-state index is 13.6. The second-order valence-corrected chi connectivity index (χ2v) is 8.47. The van der Waals surface area contributed by atoms with Crippen molar-refractivity contribution in [3.63, 3.8) is 0 Å². The van der Waals surface area contributed by atoms with Crippen LogP contribution in [0.2, 0.25) is 0 Å². The smallest absolute Gasteiger partial charge is 0.184 e. The normalized spacial score (nSPS) is 21.2. The van der Waals surface area contributed by atoms with Crippen LogP contribution in [0.25, 0.3) is 0 Å². The van der Waals surface area contributed by atoms with Crippen LogP contribution < -0.4 is 9.47 Å². The fourth-order valence-corrected chi connectivity index (χ4v) is 5.18. The molecule has 0 saturated heterocycles. The van der Waals surface area contributed by atoms with E-state index in [2.05, 4.69) is 0 Å².